The molecule has 24 heavy (non-hydrogen) atoms. The summed E-state index contributed by atoms with van der Waals surface area (Å²) in [6.45, 7) is 4.88. The van der Waals surface area contributed by atoms with Crippen molar-refractivity contribution in [1.82, 2.24) is 25.4 Å². The van der Waals surface area contributed by atoms with Gasteiger partial charge in [-0.1, -0.05) is 28.1 Å². The zero-order valence-electron chi connectivity index (χ0n) is 13.5. The minimum absolute atomic E-state index is 0.224. The molecule has 7 nitrogen and oxygen atoms in total. The van der Waals surface area contributed by atoms with Gasteiger partial charge in [0.25, 0.3) is 0 Å². The van der Waals surface area contributed by atoms with Gasteiger partial charge in [0.05, 0.1) is 19.8 Å². The van der Waals surface area contributed by atoms with Gasteiger partial charge in [-0.3, -0.25) is 0 Å². The van der Waals surface area contributed by atoms with E-state index in [2.05, 4.69) is 36.8 Å². The number of aromatic nitrogens is 3. The predicted molar refractivity (Wildman–Crippen MR) is 92.5 cm³/mol. The molecule has 1 aromatic carbocycles. The second-order valence-electron chi connectivity index (χ2n) is 5.67. The topological polar surface area (TPSA) is 81.1 Å². The van der Waals surface area contributed by atoms with E-state index in [1.54, 1.807) is 0 Å². The number of nitrogens with one attached hydrogen (secondary N) is 2. The average Bonchev–Trinajstić information content (AvgIpc) is 2.80. The number of ether oxygens (including phenoxy) is 1. The van der Waals surface area contributed by atoms with Gasteiger partial charge in [-0.2, -0.15) is 0 Å². The van der Waals surface area contributed by atoms with Crippen LogP contribution in [0.5, 0.6) is 0 Å². The van der Waals surface area contributed by atoms with Crippen molar-refractivity contribution in [1.29, 1.82) is 0 Å². The Kier molecular flexibility index (Phi) is 5.47. The van der Waals surface area contributed by atoms with E-state index >= 15 is 0 Å². The molecule has 0 saturated carbocycles. The average molecular weight is 394 g/mol. The van der Waals surface area contributed by atoms with Crippen LogP contribution in [0.2, 0.25) is 0 Å². The maximum Gasteiger partial charge on any atom is 0.315 e. The van der Waals surface area contributed by atoms with Crippen LogP contribution in [0.15, 0.2) is 22.7 Å². The van der Waals surface area contributed by atoms with Gasteiger partial charge in [-0.15, -0.1) is 10.2 Å². The van der Waals surface area contributed by atoms with E-state index in [0.29, 0.717) is 26.3 Å². The molecule has 0 bridgehead atoms. The summed E-state index contributed by atoms with van der Waals surface area (Å²) in [5.74, 6) is 1.67. The van der Waals surface area contributed by atoms with E-state index in [-0.39, 0.29) is 6.03 Å². The number of carbonyl (C=O) groups is 1. The summed E-state index contributed by atoms with van der Waals surface area (Å²) in [5, 5.41) is 14.0. The third kappa shape index (κ3) is 4.12. The Morgan fingerprint density at radius 3 is 2.96 bits per heavy atom. The summed E-state index contributed by atoms with van der Waals surface area (Å²) in [7, 11) is 0. The molecule has 0 saturated heterocycles. The van der Waals surface area contributed by atoms with Crippen LogP contribution in [-0.2, 0) is 30.8 Å². The van der Waals surface area contributed by atoms with E-state index in [1.807, 2.05) is 29.7 Å². The predicted octanol–water partition coefficient (Wildman–Crippen LogP) is 1.92. The number of hydrogen-bond donors (Lipinski definition) is 2. The summed E-state index contributed by atoms with van der Waals surface area (Å²) in [5.41, 5.74) is 2.20. The van der Waals surface area contributed by atoms with Crippen molar-refractivity contribution in [2.24, 2.45) is 0 Å². The maximum atomic E-state index is 12.0. The second-order valence-corrected chi connectivity index (χ2v) is 6.52. The Balaban J connectivity index is 1.51. The van der Waals surface area contributed by atoms with Gasteiger partial charge < -0.3 is 19.9 Å². The zero-order valence-corrected chi connectivity index (χ0v) is 15.1. The lowest BCUT2D eigenvalue weighted by Gasteiger charge is -2.10. The molecule has 1 aromatic heterocycles. The fourth-order valence-electron chi connectivity index (χ4n) is 2.59. The Morgan fingerprint density at radius 1 is 1.29 bits per heavy atom. The number of nitrogens with zero attached hydrogens (tertiary/aromatic N) is 3. The van der Waals surface area contributed by atoms with E-state index < -0.39 is 0 Å². The lowest BCUT2D eigenvalue weighted by molar-refractivity contribution is 0.139. The molecular formula is C16H20BrN5O2. The van der Waals surface area contributed by atoms with Crippen LogP contribution in [0.1, 0.15) is 22.8 Å². The van der Waals surface area contributed by atoms with Crippen LogP contribution in [-0.4, -0.2) is 34.0 Å². The fraction of sp³-hybridized carbons (Fsp3) is 0.438. The molecule has 0 aliphatic carbocycles. The number of hydrogen-bond acceptors (Lipinski definition) is 4. The van der Waals surface area contributed by atoms with Crippen molar-refractivity contribution >= 4 is 22.0 Å². The van der Waals surface area contributed by atoms with Gasteiger partial charge in [0, 0.05) is 24.0 Å². The van der Waals surface area contributed by atoms with Crippen molar-refractivity contribution in [3.8, 4) is 0 Å². The van der Waals surface area contributed by atoms with Gasteiger partial charge in [0.15, 0.2) is 5.82 Å². The molecule has 0 spiro atoms. The molecule has 2 heterocycles. The van der Waals surface area contributed by atoms with Gasteiger partial charge in [0.1, 0.15) is 5.82 Å². The number of amides is 2. The number of halogens is 1. The first kappa shape index (κ1) is 16.9. The molecule has 1 aliphatic heterocycles. The highest BCUT2D eigenvalue weighted by atomic mass is 79.9. The Labute approximate surface area is 148 Å². The highest BCUT2D eigenvalue weighted by molar-refractivity contribution is 9.10. The molecule has 3 rings (SSSR count). The highest BCUT2D eigenvalue weighted by Gasteiger charge is 2.15. The molecule has 0 atom stereocenters. The molecule has 2 aromatic rings. The molecular weight excluding hydrogens is 374 g/mol. The van der Waals surface area contributed by atoms with E-state index in [4.69, 9.17) is 4.74 Å². The standard InChI is InChI=1S/C16H20BrN5O2/c1-11-8-12(2-3-13(11)17)9-18-16(23)19-10-15-21-20-14-4-6-24-7-5-22(14)15/h2-3,8H,4-7,9-10H2,1H3,(H2,18,19,23). The maximum absolute atomic E-state index is 12.0. The smallest absolute Gasteiger partial charge is 0.315 e. The van der Waals surface area contributed by atoms with Crippen LogP contribution in [0.3, 0.4) is 0 Å². The third-order valence-electron chi connectivity index (χ3n) is 3.92. The van der Waals surface area contributed by atoms with Gasteiger partial charge in [-0.25, -0.2) is 4.79 Å². The summed E-state index contributed by atoms with van der Waals surface area (Å²) >= 11 is 3.47. The fourth-order valence-corrected chi connectivity index (χ4v) is 2.84. The van der Waals surface area contributed by atoms with Crippen LogP contribution < -0.4 is 10.6 Å². The lowest BCUT2D eigenvalue weighted by Crippen LogP contribution is -2.35. The molecule has 2 N–H and O–H groups in total. The number of fused-ring (bicyclic) bond motifs is 1. The number of aryl methyl sites for hydroxylation is 1. The molecule has 128 valence electrons. The van der Waals surface area contributed by atoms with E-state index in [0.717, 1.165) is 40.2 Å². The first-order chi connectivity index (χ1) is 11.6. The summed E-state index contributed by atoms with van der Waals surface area (Å²) in [6.07, 6.45) is 0.752. The normalized spacial score (nSPS) is 13.9. The monoisotopic (exact) mass is 393 g/mol. The van der Waals surface area contributed by atoms with Gasteiger partial charge in [0.2, 0.25) is 0 Å². The van der Waals surface area contributed by atoms with Crippen LogP contribution in [0, 0.1) is 6.92 Å². The minimum atomic E-state index is -0.224. The number of carbonyl (C=O) groups excluding carboxylic acids is 1. The van der Waals surface area contributed by atoms with Gasteiger partial charge >= 0.3 is 6.03 Å². The molecule has 0 unspecified atom stereocenters. The summed E-state index contributed by atoms with van der Waals surface area (Å²) in [4.78, 5) is 12.0. The Hall–Kier alpha value is -1.93. The van der Waals surface area contributed by atoms with Crippen molar-refractivity contribution in [3.63, 3.8) is 0 Å². The van der Waals surface area contributed by atoms with E-state index in [9.17, 15) is 4.79 Å². The molecule has 8 heteroatoms. The SMILES string of the molecule is Cc1cc(CNC(=O)NCc2nnc3n2CCOCC3)ccc1Br. The first-order valence-electron chi connectivity index (χ1n) is 7.89. The Bertz CT molecular complexity index is 731. The van der Waals surface area contributed by atoms with E-state index in [1.165, 1.54) is 0 Å². The third-order valence-corrected chi connectivity index (χ3v) is 4.81. The molecule has 2 amide bonds. The highest BCUT2D eigenvalue weighted by Crippen LogP contribution is 2.16. The molecule has 1 aliphatic rings. The molecule has 0 radical (unpaired) electrons. The van der Waals surface area contributed by atoms with Crippen molar-refractivity contribution in [2.45, 2.75) is 33.0 Å². The minimum Gasteiger partial charge on any atom is -0.379 e. The van der Waals surface area contributed by atoms with Crippen LogP contribution in [0.4, 0.5) is 4.79 Å². The second kappa shape index (κ2) is 7.76. The quantitative estimate of drug-likeness (QED) is 0.831. The van der Waals surface area contributed by atoms with Crippen molar-refractivity contribution in [3.05, 3.63) is 45.4 Å². The van der Waals surface area contributed by atoms with Crippen molar-refractivity contribution in [2.75, 3.05) is 13.2 Å². The number of urea groups is 1. The first-order valence-corrected chi connectivity index (χ1v) is 8.68. The molecule has 0 fully saturated rings. The Morgan fingerprint density at radius 2 is 2.12 bits per heavy atom. The largest absolute Gasteiger partial charge is 0.379 e. The number of benzene rings is 1. The number of rotatable bonds is 4. The van der Waals surface area contributed by atoms with Crippen LogP contribution >= 0.6 is 15.9 Å². The van der Waals surface area contributed by atoms with Crippen molar-refractivity contribution < 1.29 is 9.53 Å². The summed E-state index contributed by atoms with van der Waals surface area (Å²) in [6, 6.07) is 5.79. The summed E-state index contributed by atoms with van der Waals surface area (Å²) < 4.78 is 8.51. The lowest BCUT2D eigenvalue weighted by atomic mass is 10.1. The van der Waals surface area contributed by atoms with Crippen LogP contribution in [0.25, 0.3) is 0 Å². The zero-order chi connectivity index (χ0) is 16.9. The van der Waals surface area contributed by atoms with Gasteiger partial charge in [-0.05, 0) is 24.1 Å².